The molecule has 3 aromatic rings. The molecule has 0 spiro atoms. The minimum atomic E-state index is -1.01. The zero-order chi connectivity index (χ0) is 19.6. The summed E-state index contributed by atoms with van der Waals surface area (Å²) >= 11 is 6.21. The number of carbonyl (C=O) groups is 2. The summed E-state index contributed by atoms with van der Waals surface area (Å²) in [5.41, 5.74) is 3.15. The third-order valence-electron chi connectivity index (χ3n) is 4.02. The summed E-state index contributed by atoms with van der Waals surface area (Å²) in [7, 11) is 0. The Labute approximate surface area is 172 Å². The van der Waals surface area contributed by atoms with Gasteiger partial charge in [0.1, 0.15) is 5.56 Å². The van der Waals surface area contributed by atoms with Crippen LogP contribution in [0, 0.1) is 6.92 Å². The van der Waals surface area contributed by atoms with Crippen LogP contribution in [0.4, 0.5) is 11.4 Å². The number of carboxylic acids is 1. The number of rotatable bonds is 5. The fraction of sp³-hybridized carbons (Fsp3) is 0.150. The number of anilines is 2. The molecule has 0 aliphatic heterocycles. The van der Waals surface area contributed by atoms with Gasteiger partial charge in [-0.15, -0.1) is 12.4 Å². The van der Waals surface area contributed by atoms with Crippen molar-refractivity contribution in [3.63, 3.8) is 0 Å². The number of benzene rings is 2. The number of pyridine rings is 1. The molecule has 0 amide bonds. The maximum atomic E-state index is 12.4. The number of aromatic nitrogens is 1. The first kappa shape index (κ1) is 21.5. The number of carboxylic acid groups (broad SMARTS) is 1. The van der Waals surface area contributed by atoms with E-state index in [1.807, 2.05) is 6.92 Å². The number of carbonyl (C=O) groups excluding carboxylic acids is 1. The van der Waals surface area contributed by atoms with Gasteiger partial charge in [-0.1, -0.05) is 11.6 Å². The molecule has 28 heavy (non-hydrogen) atoms. The minimum absolute atomic E-state index is 0. The number of aromatic carboxylic acids is 1. The lowest BCUT2D eigenvalue weighted by atomic mass is 10.1. The Kier molecular flexibility index (Phi) is 6.83. The summed E-state index contributed by atoms with van der Waals surface area (Å²) in [6.45, 7) is 3.85. The highest BCUT2D eigenvalue weighted by Crippen LogP contribution is 2.33. The number of hydrogen-bond acceptors (Lipinski definition) is 5. The Morgan fingerprint density at radius 2 is 1.89 bits per heavy atom. The number of nitrogens with one attached hydrogen (secondary N) is 1. The number of aryl methyl sites for hydroxylation is 1. The monoisotopic (exact) mass is 420 g/mol. The molecule has 0 unspecified atom stereocenters. The standard InChI is InChI=1S/C20H17ClN2O4.ClH/c1-3-27-20(26)16-10-22-17-11(2)8-13(21)9-15(17)18(16)23-14-6-4-12(5-7-14)19(24)25;/h4-10H,3H2,1-2H3,(H,22,23)(H,24,25);1H. The normalized spacial score (nSPS) is 10.2. The van der Waals surface area contributed by atoms with Gasteiger partial charge in [-0.3, -0.25) is 4.98 Å². The van der Waals surface area contributed by atoms with E-state index in [0.717, 1.165) is 5.56 Å². The largest absolute Gasteiger partial charge is 0.478 e. The Bertz CT molecular complexity index is 1040. The first-order chi connectivity index (χ1) is 12.9. The van der Waals surface area contributed by atoms with Gasteiger partial charge >= 0.3 is 11.9 Å². The van der Waals surface area contributed by atoms with Crippen LogP contribution in [-0.2, 0) is 4.74 Å². The molecular weight excluding hydrogens is 403 g/mol. The second-order valence-electron chi connectivity index (χ2n) is 5.89. The Morgan fingerprint density at radius 3 is 2.50 bits per heavy atom. The molecule has 3 rings (SSSR count). The maximum Gasteiger partial charge on any atom is 0.341 e. The van der Waals surface area contributed by atoms with Gasteiger partial charge in [0, 0.05) is 22.3 Å². The summed E-state index contributed by atoms with van der Waals surface area (Å²) < 4.78 is 5.14. The molecule has 2 aromatic carbocycles. The molecule has 0 aliphatic carbocycles. The van der Waals surface area contributed by atoms with Crippen molar-refractivity contribution in [2.24, 2.45) is 0 Å². The molecule has 1 heterocycles. The third kappa shape index (κ3) is 4.35. The van der Waals surface area contributed by atoms with Crippen molar-refractivity contribution in [3.8, 4) is 0 Å². The predicted octanol–water partition coefficient (Wildman–Crippen LogP) is 5.24. The molecule has 0 saturated heterocycles. The second-order valence-corrected chi connectivity index (χ2v) is 6.33. The van der Waals surface area contributed by atoms with E-state index in [9.17, 15) is 9.59 Å². The molecule has 1 aromatic heterocycles. The number of esters is 1. The predicted molar refractivity (Wildman–Crippen MR) is 111 cm³/mol. The van der Waals surface area contributed by atoms with Crippen molar-refractivity contribution >= 4 is 58.2 Å². The number of halogens is 2. The van der Waals surface area contributed by atoms with Crippen molar-refractivity contribution < 1.29 is 19.4 Å². The van der Waals surface area contributed by atoms with E-state index in [1.165, 1.54) is 18.3 Å². The van der Waals surface area contributed by atoms with Crippen LogP contribution in [0.25, 0.3) is 10.9 Å². The van der Waals surface area contributed by atoms with Gasteiger partial charge in [-0.2, -0.15) is 0 Å². The zero-order valence-corrected chi connectivity index (χ0v) is 16.7. The number of fused-ring (bicyclic) bond motifs is 1. The zero-order valence-electron chi connectivity index (χ0n) is 15.2. The van der Waals surface area contributed by atoms with Crippen LogP contribution >= 0.6 is 24.0 Å². The molecule has 0 aliphatic rings. The van der Waals surface area contributed by atoms with Gasteiger partial charge in [0.25, 0.3) is 0 Å². The van der Waals surface area contributed by atoms with Crippen LogP contribution in [0.5, 0.6) is 0 Å². The molecule has 0 saturated carbocycles. The molecule has 0 bridgehead atoms. The quantitative estimate of drug-likeness (QED) is 0.548. The molecule has 0 atom stereocenters. The summed E-state index contributed by atoms with van der Waals surface area (Å²) in [5.74, 6) is -1.51. The van der Waals surface area contributed by atoms with Crippen molar-refractivity contribution in [1.29, 1.82) is 0 Å². The summed E-state index contributed by atoms with van der Waals surface area (Å²) in [4.78, 5) is 27.8. The summed E-state index contributed by atoms with van der Waals surface area (Å²) in [5, 5.41) is 13.4. The molecule has 8 heteroatoms. The Balaban J connectivity index is 0.00000280. The van der Waals surface area contributed by atoms with E-state index in [1.54, 1.807) is 31.2 Å². The van der Waals surface area contributed by atoms with Gasteiger partial charge < -0.3 is 15.2 Å². The summed E-state index contributed by atoms with van der Waals surface area (Å²) in [6.07, 6.45) is 1.47. The average molecular weight is 421 g/mol. The second kappa shape index (κ2) is 8.91. The first-order valence-electron chi connectivity index (χ1n) is 8.27. The van der Waals surface area contributed by atoms with Crippen LogP contribution in [0.3, 0.4) is 0 Å². The van der Waals surface area contributed by atoms with Crippen LogP contribution in [-0.4, -0.2) is 28.6 Å². The van der Waals surface area contributed by atoms with Gasteiger partial charge in [0.05, 0.1) is 23.4 Å². The van der Waals surface area contributed by atoms with Crippen molar-refractivity contribution in [2.45, 2.75) is 13.8 Å². The highest BCUT2D eigenvalue weighted by molar-refractivity contribution is 6.31. The smallest absolute Gasteiger partial charge is 0.341 e. The first-order valence-corrected chi connectivity index (χ1v) is 8.65. The number of ether oxygens (including phenoxy) is 1. The molecule has 0 fully saturated rings. The minimum Gasteiger partial charge on any atom is -0.478 e. The molecule has 146 valence electrons. The number of hydrogen-bond donors (Lipinski definition) is 2. The number of nitrogens with zero attached hydrogens (tertiary/aromatic N) is 1. The van der Waals surface area contributed by atoms with E-state index in [-0.39, 0.29) is 30.1 Å². The summed E-state index contributed by atoms with van der Waals surface area (Å²) in [6, 6.07) is 9.75. The average Bonchev–Trinajstić information content (AvgIpc) is 2.62. The molecule has 6 nitrogen and oxygen atoms in total. The topological polar surface area (TPSA) is 88.5 Å². The third-order valence-corrected chi connectivity index (χ3v) is 4.24. The fourth-order valence-corrected chi connectivity index (χ4v) is 3.05. The van der Waals surface area contributed by atoms with Crippen LogP contribution in [0.15, 0.2) is 42.6 Å². The van der Waals surface area contributed by atoms with Crippen molar-refractivity contribution in [1.82, 2.24) is 4.98 Å². The van der Waals surface area contributed by atoms with Gasteiger partial charge in [-0.25, -0.2) is 9.59 Å². The highest BCUT2D eigenvalue weighted by atomic mass is 35.5. The van der Waals surface area contributed by atoms with Gasteiger partial charge in [-0.05, 0) is 55.8 Å². The van der Waals surface area contributed by atoms with E-state index < -0.39 is 11.9 Å². The van der Waals surface area contributed by atoms with Crippen LogP contribution in [0.2, 0.25) is 5.02 Å². The van der Waals surface area contributed by atoms with E-state index in [2.05, 4.69) is 10.3 Å². The van der Waals surface area contributed by atoms with Crippen LogP contribution in [0.1, 0.15) is 33.2 Å². The maximum absolute atomic E-state index is 12.4. The molecule has 2 N–H and O–H groups in total. The van der Waals surface area contributed by atoms with Crippen molar-refractivity contribution in [3.05, 3.63) is 64.3 Å². The van der Waals surface area contributed by atoms with Crippen molar-refractivity contribution in [2.75, 3.05) is 11.9 Å². The lowest BCUT2D eigenvalue weighted by Gasteiger charge is -2.15. The fourth-order valence-electron chi connectivity index (χ4n) is 2.77. The van der Waals surface area contributed by atoms with E-state index in [0.29, 0.717) is 27.3 Å². The Hall–Kier alpha value is -2.83. The van der Waals surface area contributed by atoms with E-state index in [4.69, 9.17) is 21.4 Å². The molecule has 0 radical (unpaired) electrons. The SMILES string of the molecule is CCOC(=O)c1cnc2c(C)cc(Cl)cc2c1Nc1ccc(C(=O)O)cc1.Cl. The van der Waals surface area contributed by atoms with E-state index >= 15 is 0 Å². The molecular formula is C20H18Cl2N2O4. The lowest BCUT2D eigenvalue weighted by Crippen LogP contribution is -2.09. The van der Waals surface area contributed by atoms with Crippen LogP contribution < -0.4 is 5.32 Å². The highest BCUT2D eigenvalue weighted by Gasteiger charge is 2.18. The lowest BCUT2D eigenvalue weighted by molar-refractivity contribution is 0.0526. The Morgan fingerprint density at radius 1 is 1.21 bits per heavy atom. The van der Waals surface area contributed by atoms with Gasteiger partial charge in [0.2, 0.25) is 0 Å². The van der Waals surface area contributed by atoms with Gasteiger partial charge in [0.15, 0.2) is 0 Å².